The first-order valence-corrected chi connectivity index (χ1v) is 9.40. The van der Waals surface area contributed by atoms with E-state index >= 15 is 0 Å². The number of aryl methyl sites for hydroxylation is 4. The van der Waals surface area contributed by atoms with Crippen molar-refractivity contribution in [2.75, 3.05) is 5.32 Å². The van der Waals surface area contributed by atoms with Gasteiger partial charge in [0, 0.05) is 11.4 Å². The molecule has 0 saturated carbocycles. The maximum atomic E-state index is 6.14. The molecule has 1 heterocycles. The van der Waals surface area contributed by atoms with Crippen LogP contribution in [0.25, 0.3) is 5.69 Å². The molecule has 0 atom stereocenters. The minimum atomic E-state index is 0.427. The summed E-state index contributed by atoms with van der Waals surface area (Å²) in [6.07, 6.45) is 3.58. The van der Waals surface area contributed by atoms with E-state index in [9.17, 15) is 0 Å². The molecule has 0 bridgehead atoms. The highest BCUT2D eigenvalue weighted by Crippen LogP contribution is 2.25. The highest BCUT2D eigenvalue weighted by atomic mass is 15.3. The fraction of sp³-hybridized carbons (Fsp3) is 0.273. The van der Waals surface area contributed by atoms with Gasteiger partial charge in [-0.3, -0.25) is 0 Å². The van der Waals surface area contributed by atoms with E-state index < -0.39 is 0 Å². The number of rotatable bonds is 4. The van der Waals surface area contributed by atoms with Gasteiger partial charge in [-0.15, -0.1) is 0 Å². The van der Waals surface area contributed by atoms with Gasteiger partial charge >= 0.3 is 0 Å². The average molecular weight is 359 g/mol. The van der Waals surface area contributed by atoms with E-state index in [4.69, 9.17) is 5.73 Å². The smallest absolute Gasteiger partial charge is 0.193 e. The third kappa shape index (κ3) is 3.72. The Hall–Kier alpha value is -3.08. The van der Waals surface area contributed by atoms with Crippen LogP contribution in [0, 0.1) is 13.8 Å². The van der Waals surface area contributed by atoms with E-state index in [1.54, 1.807) is 0 Å². The average Bonchev–Trinajstić information content (AvgIpc) is 3.25. The second-order valence-electron chi connectivity index (χ2n) is 7.13. The van der Waals surface area contributed by atoms with Crippen molar-refractivity contribution in [1.29, 1.82) is 0 Å². The third-order valence-electron chi connectivity index (χ3n) is 5.02. The summed E-state index contributed by atoms with van der Waals surface area (Å²) in [5, 5.41) is 7.81. The Morgan fingerprint density at radius 3 is 2.74 bits per heavy atom. The molecule has 0 saturated heterocycles. The molecule has 3 aromatic rings. The number of hydrogen-bond acceptors (Lipinski definition) is 2. The second-order valence-corrected chi connectivity index (χ2v) is 7.13. The monoisotopic (exact) mass is 359 g/mol. The first-order valence-electron chi connectivity index (χ1n) is 9.40. The molecule has 1 aromatic heterocycles. The predicted molar refractivity (Wildman–Crippen MR) is 110 cm³/mol. The topological polar surface area (TPSA) is 68.2 Å². The number of benzene rings is 2. The first-order chi connectivity index (χ1) is 13.1. The van der Waals surface area contributed by atoms with Crippen LogP contribution in [0.1, 0.15) is 34.5 Å². The van der Waals surface area contributed by atoms with Crippen LogP contribution in [-0.2, 0) is 19.4 Å². The molecule has 0 amide bonds. The van der Waals surface area contributed by atoms with Crippen molar-refractivity contribution in [3.05, 3.63) is 76.6 Å². The Morgan fingerprint density at radius 2 is 1.93 bits per heavy atom. The summed E-state index contributed by atoms with van der Waals surface area (Å²) in [7, 11) is 0. The summed E-state index contributed by atoms with van der Waals surface area (Å²) in [6.45, 7) is 4.56. The van der Waals surface area contributed by atoms with Crippen LogP contribution in [0.4, 0.5) is 5.69 Å². The summed E-state index contributed by atoms with van der Waals surface area (Å²) >= 11 is 0. The van der Waals surface area contributed by atoms with E-state index in [0.717, 1.165) is 34.7 Å². The lowest BCUT2D eigenvalue weighted by molar-refractivity contribution is 0.818. The molecule has 0 fully saturated rings. The van der Waals surface area contributed by atoms with Crippen molar-refractivity contribution in [1.82, 2.24) is 9.78 Å². The van der Waals surface area contributed by atoms with Gasteiger partial charge in [0.25, 0.3) is 0 Å². The second kappa shape index (κ2) is 7.27. The normalized spacial score (nSPS) is 13.6. The number of guanidine groups is 1. The molecule has 5 heteroatoms. The zero-order valence-electron chi connectivity index (χ0n) is 15.9. The van der Waals surface area contributed by atoms with E-state index in [1.807, 2.05) is 23.7 Å². The van der Waals surface area contributed by atoms with Gasteiger partial charge in [-0.1, -0.05) is 24.3 Å². The number of fused-ring (bicyclic) bond motifs is 1. The Labute approximate surface area is 159 Å². The zero-order chi connectivity index (χ0) is 18.8. The lowest BCUT2D eigenvalue weighted by Crippen LogP contribution is -2.22. The fourth-order valence-electron chi connectivity index (χ4n) is 3.73. The number of hydrogen-bond donors (Lipinski definition) is 2. The van der Waals surface area contributed by atoms with Crippen LogP contribution < -0.4 is 11.1 Å². The van der Waals surface area contributed by atoms with Crippen molar-refractivity contribution >= 4 is 11.6 Å². The van der Waals surface area contributed by atoms with E-state index in [-0.39, 0.29) is 0 Å². The van der Waals surface area contributed by atoms with Crippen molar-refractivity contribution in [2.24, 2.45) is 10.7 Å². The molecule has 0 unspecified atom stereocenters. The molecule has 2 aromatic carbocycles. The first kappa shape index (κ1) is 17.3. The SMILES string of the molecule is Cc1cc(C)n(-c2ccccc2CN=C(N)Nc2ccc3c(c2)CCC3)n1. The van der Waals surface area contributed by atoms with Crippen molar-refractivity contribution in [3.8, 4) is 5.69 Å². The number of aromatic nitrogens is 2. The zero-order valence-corrected chi connectivity index (χ0v) is 15.9. The largest absolute Gasteiger partial charge is 0.370 e. The Bertz CT molecular complexity index is 1000. The van der Waals surface area contributed by atoms with E-state index in [0.29, 0.717) is 12.5 Å². The Kier molecular flexibility index (Phi) is 4.67. The predicted octanol–water partition coefficient (Wildman–Crippen LogP) is 3.90. The van der Waals surface area contributed by atoms with Gasteiger partial charge in [-0.05, 0) is 74.1 Å². The van der Waals surface area contributed by atoms with Crippen LogP contribution in [-0.4, -0.2) is 15.7 Å². The lowest BCUT2D eigenvalue weighted by Gasteiger charge is -2.11. The van der Waals surface area contributed by atoms with Crippen molar-refractivity contribution in [2.45, 2.75) is 39.7 Å². The quantitative estimate of drug-likeness (QED) is 0.548. The number of anilines is 1. The highest BCUT2D eigenvalue weighted by Gasteiger charge is 2.11. The molecular formula is C22H25N5. The molecule has 138 valence electrons. The lowest BCUT2D eigenvalue weighted by atomic mass is 10.1. The van der Waals surface area contributed by atoms with Crippen molar-refractivity contribution in [3.63, 3.8) is 0 Å². The molecule has 1 aliphatic rings. The number of nitrogens with one attached hydrogen (secondary N) is 1. The van der Waals surface area contributed by atoms with Gasteiger partial charge < -0.3 is 11.1 Å². The van der Waals surface area contributed by atoms with Crippen LogP contribution in [0.15, 0.2) is 53.5 Å². The molecule has 1 aliphatic carbocycles. The maximum Gasteiger partial charge on any atom is 0.193 e. The van der Waals surface area contributed by atoms with Crippen LogP contribution in [0.2, 0.25) is 0 Å². The third-order valence-corrected chi connectivity index (χ3v) is 5.02. The number of para-hydroxylation sites is 1. The van der Waals surface area contributed by atoms with E-state index in [1.165, 1.54) is 24.0 Å². The van der Waals surface area contributed by atoms with Gasteiger partial charge in [0.2, 0.25) is 0 Å². The molecule has 0 spiro atoms. The number of nitrogens with two attached hydrogens (primary N) is 1. The summed E-state index contributed by atoms with van der Waals surface area (Å²) in [5.41, 5.74) is 14.2. The summed E-state index contributed by atoms with van der Waals surface area (Å²) in [5.74, 6) is 0.427. The standard InChI is InChI=1S/C22H25N5/c1-15-12-16(2)27(26-15)21-9-4-3-6-19(21)14-24-22(23)25-20-11-10-17-7-5-8-18(17)13-20/h3-4,6,9-13H,5,7-8,14H2,1-2H3,(H3,23,24,25). The van der Waals surface area contributed by atoms with Gasteiger partial charge in [0.15, 0.2) is 5.96 Å². The molecular weight excluding hydrogens is 334 g/mol. The Balaban J connectivity index is 1.52. The number of nitrogens with zero attached hydrogens (tertiary/aromatic N) is 3. The molecule has 27 heavy (non-hydrogen) atoms. The van der Waals surface area contributed by atoms with Crippen LogP contribution in [0.3, 0.4) is 0 Å². The van der Waals surface area contributed by atoms with Gasteiger partial charge in [-0.2, -0.15) is 5.10 Å². The molecule has 5 nitrogen and oxygen atoms in total. The maximum absolute atomic E-state index is 6.14. The Morgan fingerprint density at radius 1 is 1.11 bits per heavy atom. The minimum absolute atomic E-state index is 0.427. The highest BCUT2D eigenvalue weighted by molar-refractivity contribution is 5.92. The molecule has 4 rings (SSSR count). The van der Waals surface area contributed by atoms with Crippen LogP contribution >= 0.6 is 0 Å². The molecule has 0 aliphatic heterocycles. The summed E-state index contributed by atoms with van der Waals surface area (Å²) in [6, 6.07) is 16.7. The molecule has 0 radical (unpaired) electrons. The van der Waals surface area contributed by atoms with E-state index in [2.05, 4.69) is 58.7 Å². The molecule has 3 N–H and O–H groups in total. The number of aliphatic imine (C=N–C) groups is 1. The summed E-state index contributed by atoms with van der Waals surface area (Å²) in [4.78, 5) is 4.55. The summed E-state index contributed by atoms with van der Waals surface area (Å²) < 4.78 is 1.96. The van der Waals surface area contributed by atoms with Crippen molar-refractivity contribution < 1.29 is 0 Å². The van der Waals surface area contributed by atoms with Gasteiger partial charge in [0.05, 0.1) is 17.9 Å². The fourth-order valence-corrected chi connectivity index (χ4v) is 3.73. The van der Waals surface area contributed by atoms with Crippen LogP contribution in [0.5, 0.6) is 0 Å². The van der Waals surface area contributed by atoms with Gasteiger partial charge in [-0.25, -0.2) is 9.67 Å². The van der Waals surface area contributed by atoms with Gasteiger partial charge in [0.1, 0.15) is 0 Å². The minimum Gasteiger partial charge on any atom is -0.370 e.